The second-order valence-electron chi connectivity index (χ2n) is 5.82. The molecule has 0 aliphatic carbocycles. The molecule has 0 fully saturated rings. The molecule has 2 aromatic rings. The molecule has 3 rings (SSSR count). The topological polar surface area (TPSA) is 32.3 Å². The summed E-state index contributed by atoms with van der Waals surface area (Å²) in [6, 6.07) is 11.7. The van der Waals surface area contributed by atoms with Gasteiger partial charge in [0.15, 0.2) is 0 Å². The van der Waals surface area contributed by atoms with Crippen molar-refractivity contribution in [2.24, 2.45) is 0 Å². The van der Waals surface area contributed by atoms with Gasteiger partial charge in [-0.15, -0.1) is 0 Å². The number of rotatable bonds is 2. The summed E-state index contributed by atoms with van der Waals surface area (Å²) in [5.41, 5.74) is 3.83. The summed E-state index contributed by atoms with van der Waals surface area (Å²) in [4.78, 5) is 14.2. The third-order valence-corrected chi connectivity index (χ3v) is 4.39. The van der Waals surface area contributed by atoms with E-state index in [1.807, 2.05) is 19.1 Å². The summed E-state index contributed by atoms with van der Waals surface area (Å²) in [5.74, 6) is -0.243. The fourth-order valence-corrected chi connectivity index (χ4v) is 2.88. The van der Waals surface area contributed by atoms with Crippen molar-refractivity contribution in [2.75, 3.05) is 18.4 Å². The summed E-state index contributed by atoms with van der Waals surface area (Å²) in [6.45, 7) is 3.07. The molecule has 0 aromatic heterocycles. The van der Waals surface area contributed by atoms with Gasteiger partial charge in [0.2, 0.25) is 0 Å². The Labute approximate surface area is 145 Å². The molecule has 0 unspecified atom stereocenters. The predicted octanol–water partition coefficient (Wildman–Crippen LogP) is 5.11. The molecule has 1 aliphatic heterocycles. The van der Waals surface area contributed by atoms with Crippen molar-refractivity contribution >= 4 is 28.9 Å². The average molecular weight is 345 g/mol. The Kier molecular flexibility index (Phi) is 4.86. The zero-order valence-corrected chi connectivity index (χ0v) is 14.1. The Bertz CT molecular complexity index is 786. The molecular formula is C19H18ClFN2O. The second-order valence-corrected chi connectivity index (χ2v) is 6.26. The maximum absolute atomic E-state index is 13.0. The van der Waals surface area contributed by atoms with Crippen LogP contribution in [0.5, 0.6) is 0 Å². The molecule has 2 aromatic carbocycles. The molecule has 1 N–H and O–H groups in total. The molecule has 0 atom stereocenters. The van der Waals surface area contributed by atoms with Gasteiger partial charge in [0, 0.05) is 23.8 Å². The highest BCUT2D eigenvalue weighted by atomic mass is 35.5. The smallest absolute Gasteiger partial charge is 0.320 e. The average Bonchev–Trinajstić information content (AvgIpc) is 2.59. The van der Waals surface area contributed by atoms with Crippen molar-refractivity contribution in [2.45, 2.75) is 13.3 Å². The number of aryl methyl sites for hydroxylation is 1. The first-order valence-corrected chi connectivity index (χ1v) is 8.18. The van der Waals surface area contributed by atoms with E-state index in [4.69, 9.17) is 11.6 Å². The van der Waals surface area contributed by atoms with Gasteiger partial charge in [-0.2, -0.15) is 0 Å². The summed E-state index contributed by atoms with van der Waals surface area (Å²) in [6.07, 6.45) is 2.76. The number of hydrogen-bond donors (Lipinski definition) is 1. The number of urea groups is 1. The van der Waals surface area contributed by atoms with Crippen LogP contribution in [0, 0.1) is 12.7 Å². The van der Waals surface area contributed by atoms with Crippen molar-refractivity contribution in [3.8, 4) is 0 Å². The summed E-state index contributed by atoms with van der Waals surface area (Å²) in [5, 5.41) is 3.50. The van der Waals surface area contributed by atoms with Crippen LogP contribution in [0.4, 0.5) is 14.9 Å². The fraction of sp³-hybridized carbons (Fsp3) is 0.211. The van der Waals surface area contributed by atoms with Crippen molar-refractivity contribution in [1.82, 2.24) is 4.90 Å². The lowest BCUT2D eigenvalue weighted by atomic mass is 10.00. The number of benzene rings is 2. The van der Waals surface area contributed by atoms with Crippen LogP contribution in [-0.4, -0.2) is 24.0 Å². The maximum atomic E-state index is 13.0. The van der Waals surface area contributed by atoms with Crippen LogP contribution in [0.1, 0.15) is 17.5 Å². The molecule has 0 radical (unpaired) electrons. The van der Waals surface area contributed by atoms with E-state index in [-0.39, 0.29) is 11.8 Å². The Morgan fingerprint density at radius 1 is 1.21 bits per heavy atom. The minimum Gasteiger partial charge on any atom is -0.320 e. The van der Waals surface area contributed by atoms with Crippen molar-refractivity contribution < 1.29 is 9.18 Å². The Hall–Kier alpha value is -2.33. The van der Waals surface area contributed by atoms with Gasteiger partial charge >= 0.3 is 6.03 Å². The first kappa shape index (κ1) is 16.5. The first-order valence-electron chi connectivity index (χ1n) is 7.80. The molecule has 1 aliphatic rings. The summed E-state index contributed by atoms with van der Waals surface area (Å²) in [7, 11) is 0. The van der Waals surface area contributed by atoms with Crippen LogP contribution in [0.2, 0.25) is 5.02 Å². The van der Waals surface area contributed by atoms with Gasteiger partial charge in [0.05, 0.1) is 0 Å². The molecule has 24 heavy (non-hydrogen) atoms. The van der Waals surface area contributed by atoms with Crippen LogP contribution >= 0.6 is 11.6 Å². The Balaban J connectivity index is 1.66. The molecule has 2 amide bonds. The number of carbonyl (C=O) groups is 1. The van der Waals surface area contributed by atoms with Crippen LogP contribution in [-0.2, 0) is 0 Å². The Morgan fingerprint density at radius 2 is 1.96 bits per heavy atom. The number of hydrogen-bond acceptors (Lipinski definition) is 1. The van der Waals surface area contributed by atoms with Crippen molar-refractivity contribution in [1.29, 1.82) is 0 Å². The molecule has 0 bridgehead atoms. The third kappa shape index (κ3) is 3.77. The third-order valence-electron chi connectivity index (χ3n) is 4.15. The predicted molar refractivity (Wildman–Crippen MR) is 95.8 cm³/mol. The minimum atomic E-state index is -0.243. The maximum Gasteiger partial charge on any atom is 0.322 e. The van der Waals surface area contributed by atoms with E-state index in [1.54, 1.807) is 29.2 Å². The van der Waals surface area contributed by atoms with Crippen molar-refractivity contribution in [3.63, 3.8) is 0 Å². The van der Waals surface area contributed by atoms with Crippen LogP contribution < -0.4 is 5.32 Å². The lowest BCUT2D eigenvalue weighted by Crippen LogP contribution is -2.38. The molecule has 124 valence electrons. The van der Waals surface area contributed by atoms with E-state index in [1.165, 1.54) is 12.1 Å². The highest BCUT2D eigenvalue weighted by Gasteiger charge is 2.18. The van der Waals surface area contributed by atoms with Gasteiger partial charge < -0.3 is 10.2 Å². The highest BCUT2D eigenvalue weighted by molar-refractivity contribution is 6.31. The molecule has 5 heteroatoms. The minimum absolute atomic E-state index is 0.144. The molecule has 1 heterocycles. The molecule has 0 saturated carbocycles. The molecule has 0 spiro atoms. The summed E-state index contributed by atoms with van der Waals surface area (Å²) >= 11 is 5.98. The lowest BCUT2D eigenvalue weighted by Gasteiger charge is -2.27. The number of nitrogens with one attached hydrogen (secondary N) is 1. The van der Waals surface area contributed by atoms with Gasteiger partial charge in [-0.05, 0) is 54.3 Å². The Morgan fingerprint density at radius 3 is 2.62 bits per heavy atom. The SMILES string of the molecule is Cc1ccc(Cl)cc1NC(=O)N1CC=C(c2ccc(F)cc2)CC1. The zero-order chi connectivity index (χ0) is 17.1. The van der Waals surface area contributed by atoms with E-state index in [9.17, 15) is 9.18 Å². The van der Waals surface area contributed by atoms with Gasteiger partial charge in [-0.25, -0.2) is 9.18 Å². The van der Waals surface area contributed by atoms with Gasteiger partial charge in [0.1, 0.15) is 5.82 Å². The van der Waals surface area contributed by atoms with E-state index < -0.39 is 0 Å². The molecule has 0 saturated heterocycles. The van der Waals surface area contributed by atoms with Crippen LogP contribution in [0.3, 0.4) is 0 Å². The summed E-state index contributed by atoms with van der Waals surface area (Å²) < 4.78 is 13.0. The molecular weight excluding hydrogens is 327 g/mol. The quantitative estimate of drug-likeness (QED) is 0.806. The van der Waals surface area contributed by atoms with Crippen LogP contribution in [0.25, 0.3) is 5.57 Å². The number of amides is 2. The van der Waals surface area contributed by atoms with Gasteiger partial charge in [0.25, 0.3) is 0 Å². The standard InChI is InChI=1S/C19H18ClFN2O/c1-13-2-5-16(20)12-18(13)22-19(24)23-10-8-15(9-11-23)14-3-6-17(21)7-4-14/h2-8,12H,9-11H2,1H3,(H,22,24). The van der Waals surface area contributed by atoms with E-state index in [0.29, 0.717) is 18.1 Å². The van der Waals surface area contributed by atoms with Crippen molar-refractivity contribution in [3.05, 3.63) is 70.5 Å². The number of carbonyl (C=O) groups excluding carboxylic acids is 1. The van der Waals surface area contributed by atoms with E-state index >= 15 is 0 Å². The normalized spacial score (nSPS) is 14.3. The fourth-order valence-electron chi connectivity index (χ4n) is 2.70. The van der Waals surface area contributed by atoms with Gasteiger partial charge in [-0.1, -0.05) is 35.9 Å². The number of nitrogens with zero attached hydrogens (tertiary/aromatic N) is 1. The van der Waals surface area contributed by atoms with E-state index in [0.717, 1.165) is 28.8 Å². The lowest BCUT2D eigenvalue weighted by molar-refractivity contribution is 0.217. The van der Waals surface area contributed by atoms with Gasteiger partial charge in [-0.3, -0.25) is 0 Å². The monoisotopic (exact) mass is 344 g/mol. The van der Waals surface area contributed by atoms with E-state index in [2.05, 4.69) is 5.32 Å². The second kappa shape index (κ2) is 7.05. The zero-order valence-electron chi connectivity index (χ0n) is 13.4. The van der Waals surface area contributed by atoms with Crippen LogP contribution in [0.15, 0.2) is 48.5 Å². The number of anilines is 1. The largest absolute Gasteiger partial charge is 0.322 e. The highest BCUT2D eigenvalue weighted by Crippen LogP contribution is 2.24. The molecule has 3 nitrogen and oxygen atoms in total. The number of halogens is 2. The first-order chi connectivity index (χ1) is 11.5.